The molecular formula is C11H12ClFO3. The minimum atomic E-state index is -0.883. The van der Waals surface area contributed by atoms with Gasteiger partial charge in [0.1, 0.15) is 5.82 Å². The molecule has 1 aromatic carbocycles. The maximum Gasteiger partial charge on any atom is 0.160 e. The van der Waals surface area contributed by atoms with Gasteiger partial charge in [0.2, 0.25) is 0 Å². The second-order valence-electron chi connectivity index (χ2n) is 3.59. The maximum atomic E-state index is 13.0. The lowest BCUT2D eigenvalue weighted by molar-refractivity contribution is -0.0708. The van der Waals surface area contributed by atoms with Crippen molar-refractivity contribution in [3.63, 3.8) is 0 Å². The Balaban J connectivity index is 2.07. The van der Waals surface area contributed by atoms with Crippen LogP contribution >= 0.6 is 11.6 Å². The van der Waals surface area contributed by atoms with Gasteiger partial charge in [0, 0.05) is 17.0 Å². The number of aliphatic hydroxyl groups is 1. The molecule has 0 aromatic heterocycles. The normalized spacial score (nSPS) is 18.9. The van der Waals surface area contributed by atoms with Crippen molar-refractivity contribution in [3.8, 4) is 0 Å². The molecule has 3 nitrogen and oxygen atoms in total. The number of aliphatic hydroxyl groups excluding tert-OH is 1. The Hall–Kier alpha value is -0.680. The van der Waals surface area contributed by atoms with Gasteiger partial charge >= 0.3 is 0 Å². The first-order valence-corrected chi connectivity index (χ1v) is 5.41. The lowest BCUT2D eigenvalue weighted by atomic mass is 10.1. The maximum absolute atomic E-state index is 13.0. The molecule has 1 N–H and O–H groups in total. The molecule has 0 aliphatic carbocycles. The minimum absolute atomic E-state index is 0.253. The fraction of sp³-hybridized carbons (Fsp3) is 0.455. The van der Waals surface area contributed by atoms with Crippen LogP contribution in [0.2, 0.25) is 5.02 Å². The Kier molecular flexibility index (Phi) is 3.76. The van der Waals surface area contributed by atoms with E-state index < -0.39 is 18.2 Å². The zero-order valence-corrected chi connectivity index (χ0v) is 9.28. The molecule has 0 amide bonds. The third-order valence-electron chi connectivity index (χ3n) is 2.42. The van der Waals surface area contributed by atoms with Crippen molar-refractivity contribution < 1.29 is 19.0 Å². The van der Waals surface area contributed by atoms with Crippen molar-refractivity contribution >= 4 is 11.6 Å². The Labute approximate surface area is 97.7 Å². The number of ether oxygens (including phenoxy) is 2. The quantitative estimate of drug-likeness (QED) is 0.889. The van der Waals surface area contributed by atoms with E-state index in [0.717, 1.165) is 0 Å². The Morgan fingerprint density at radius 3 is 2.81 bits per heavy atom. The fourth-order valence-corrected chi connectivity index (χ4v) is 1.87. The zero-order chi connectivity index (χ0) is 11.5. The number of hydrogen-bond donors (Lipinski definition) is 1. The van der Waals surface area contributed by atoms with Crippen LogP contribution in [0.1, 0.15) is 18.1 Å². The van der Waals surface area contributed by atoms with Gasteiger partial charge in [-0.2, -0.15) is 0 Å². The van der Waals surface area contributed by atoms with Gasteiger partial charge in [0.15, 0.2) is 6.29 Å². The van der Waals surface area contributed by atoms with Gasteiger partial charge in [0.05, 0.1) is 19.3 Å². The lowest BCUT2D eigenvalue weighted by Crippen LogP contribution is -2.13. The summed E-state index contributed by atoms with van der Waals surface area (Å²) >= 11 is 5.87. The molecule has 2 rings (SSSR count). The van der Waals surface area contributed by atoms with Crippen molar-refractivity contribution in [1.29, 1.82) is 0 Å². The third kappa shape index (κ3) is 2.71. The second kappa shape index (κ2) is 5.10. The van der Waals surface area contributed by atoms with Crippen LogP contribution in [0.4, 0.5) is 4.39 Å². The summed E-state index contributed by atoms with van der Waals surface area (Å²) in [6.07, 6.45) is -1.07. The van der Waals surface area contributed by atoms with Gasteiger partial charge < -0.3 is 14.6 Å². The minimum Gasteiger partial charge on any atom is -0.388 e. The first-order valence-electron chi connectivity index (χ1n) is 5.03. The standard InChI is InChI=1S/C11H12ClFO3/c12-9-2-1-7(13)5-8(9)10(14)6-11-15-3-4-16-11/h1-2,5,10-11,14H,3-4,6H2. The lowest BCUT2D eigenvalue weighted by Gasteiger charge is -2.16. The smallest absolute Gasteiger partial charge is 0.160 e. The zero-order valence-electron chi connectivity index (χ0n) is 8.53. The molecule has 1 fully saturated rings. The molecule has 1 saturated heterocycles. The van der Waals surface area contributed by atoms with Crippen LogP contribution in [0, 0.1) is 5.82 Å². The van der Waals surface area contributed by atoms with Crippen molar-refractivity contribution in [3.05, 3.63) is 34.6 Å². The molecule has 0 spiro atoms. The van der Waals surface area contributed by atoms with Gasteiger partial charge in [-0.05, 0) is 18.2 Å². The molecule has 1 heterocycles. The van der Waals surface area contributed by atoms with Crippen molar-refractivity contribution in [1.82, 2.24) is 0 Å². The van der Waals surface area contributed by atoms with Crippen LogP contribution in [-0.4, -0.2) is 24.6 Å². The SMILES string of the molecule is OC(CC1OCCO1)c1cc(F)ccc1Cl. The summed E-state index contributed by atoms with van der Waals surface area (Å²) in [5.41, 5.74) is 0.362. The summed E-state index contributed by atoms with van der Waals surface area (Å²) < 4.78 is 23.4. The Bertz CT molecular complexity index is 366. The number of hydrogen-bond acceptors (Lipinski definition) is 3. The highest BCUT2D eigenvalue weighted by atomic mass is 35.5. The van der Waals surface area contributed by atoms with Crippen molar-refractivity contribution in [2.24, 2.45) is 0 Å². The van der Waals surface area contributed by atoms with Gasteiger partial charge in [-0.15, -0.1) is 0 Å². The van der Waals surface area contributed by atoms with E-state index in [1.165, 1.54) is 18.2 Å². The summed E-state index contributed by atoms with van der Waals surface area (Å²) in [7, 11) is 0. The highest BCUT2D eigenvalue weighted by Crippen LogP contribution is 2.28. The van der Waals surface area contributed by atoms with E-state index in [1.807, 2.05) is 0 Å². The highest BCUT2D eigenvalue weighted by Gasteiger charge is 2.22. The molecule has 0 radical (unpaired) electrons. The van der Waals surface area contributed by atoms with E-state index in [2.05, 4.69) is 0 Å². The largest absolute Gasteiger partial charge is 0.388 e. The van der Waals surface area contributed by atoms with Crippen LogP contribution in [0.5, 0.6) is 0 Å². The van der Waals surface area contributed by atoms with Gasteiger partial charge in [-0.3, -0.25) is 0 Å². The molecule has 1 aromatic rings. The molecule has 1 aliphatic rings. The summed E-state index contributed by atoms with van der Waals surface area (Å²) in [6.45, 7) is 1.04. The Morgan fingerprint density at radius 2 is 2.12 bits per heavy atom. The predicted octanol–water partition coefficient (Wildman–Crippen LogP) is 2.28. The topological polar surface area (TPSA) is 38.7 Å². The number of halogens is 2. The number of benzene rings is 1. The molecule has 0 saturated carbocycles. The first kappa shape index (κ1) is 11.8. The molecule has 0 bridgehead atoms. The average Bonchev–Trinajstić information content (AvgIpc) is 2.74. The molecular weight excluding hydrogens is 235 g/mol. The van der Waals surface area contributed by atoms with Crippen LogP contribution in [0.15, 0.2) is 18.2 Å². The summed E-state index contributed by atoms with van der Waals surface area (Å²) in [5, 5.41) is 10.2. The van der Waals surface area contributed by atoms with E-state index in [9.17, 15) is 9.50 Å². The van der Waals surface area contributed by atoms with Gasteiger partial charge in [0.25, 0.3) is 0 Å². The average molecular weight is 247 g/mol. The van der Waals surface area contributed by atoms with Crippen LogP contribution in [-0.2, 0) is 9.47 Å². The van der Waals surface area contributed by atoms with E-state index >= 15 is 0 Å². The molecule has 1 unspecified atom stereocenters. The summed E-state index contributed by atoms with van der Waals surface area (Å²) in [5.74, 6) is -0.424. The summed E-state index contributed by atoms with van der Waals surface area (Å²) in [4.78, 5) is 0. The molecule has 1 atom stereocenters. The predicted molar refractivity (Wildman–Crippen MR) is 56.7 cm³/mol. The van der Waals surface area contributed by atoms with Gasteiger partial charge in [-0.25, -0.2) is 4.39 Å². The summed E-state index contributed by atoms with van der Waals surface area (Å²) in [6, 6.07) is 3.90. The van der Waals surface area contributed by atoms with E-state index in [-0.39, 0.29) is 6.42 Å². The van der Waals surface area contributed by atoms with Crippen LogP contribution in [0.3, 0.4) is 0 Å². The molecule has 1 aliphatic heterocycles. The fourth-order valence-electron chi connectivity index (χ4n) is 1.62. The molecule has 16 heavy (non-hydrogen) atoms. The van der Waals surface area contributed by atoms with E-state index in [4.69, 9.17) is 21.1 Å². The van der Waals surface area contributed by atoms with Gasteiger partial charge in [-0.1, -0.05) is 11.6 Å². The highest BCUT2D eigenvalue weighted by molar-refractivity contribution is 6.31. The number of rotatable bonds is 3. The second-order valence-corrected chi connectivity index (χ2v) is 4.00. The monoisotopic (exact) mass is 246 g/mol. The molecule has 5 heteroatoms. The van der Waals surface area contributed by atoms with Crippen molar-refractivity contribution in [2.45, 2.75) is 18.8 Å². The van der Waals surface area contributed by atoms with E-state index in [1.54, 1.807) is 0 Å². The van der Waals surface area contributed by atoms with Crippen LogP contribution < -0.4 is 0 Å². The first-order chi connectivity index (χ1) is 7.66. The molecule has 88 valence electrons. The van der Waals surface area contributed by atoms with Crippen molar-refractivity contribution in [2.75, 3.05) is 13.2 Å². The van der Waals surface area contributed by atoms with Crippen LogP contribution in [0.25, 0.3) is 0 Å². The van der Waals surface area contributed by atoms with E-state index in [0.29, 0.717) is 23.8 Å². The Morgan fingerprint density at radius 1 is 1.44 bits per heavy atom. The third-order valence-corrected chi connectivity index (χ3v) is 2.77.